The summed E-state index contributed by atoms with van der Waals surface area (Å²) in [4.78, 5) is 4.07. The molecule has 0 saturated heterocycles. The minimum atomic E-state index is 0.149. The number of hydrogen-bond donors (Lipinski definition) is 0. The second-order valence-electron chi connectivity index (χ2n) is 2.74. The van der Waals surface area contributed by atoms with Gasteiger partial charge in [-0.25, -0.2) is 4.98 Å². The molecular formula is C10H5N3O. The van der Waals surface area contributed by atoms with Gasteiger partial charge in [-0.1, -0.05) is 0 Å². The molecular weight excluding hydrogens is 178 g/mol. The van der Waals surface area contributed by atoms with E-state index < -0.39 is 0 Å². The van der Waals surface area contributed by atoms with E-state index >= 15 is 0 Å². The van der Waals surface area contributed by atoms with Gasteiger partial charge in [-0.2, -0.15) is 10.5 Å². The molecule has 0 bridgehead atoms. The lowest BCUT2D eigenvalue weighted by molar-refractivity contribution is 0.548. The SMILES string of the molecule is N#CCc1nc2cc(C#N)ccc2o1. The molecule has 1 heterocycles. The van der Waals surface area contributed by atoms with Crippen LogP contribution >= 0.6 is 0 Å². The van der Waals surface area contributed by atoms with Gasteiger partial charge in [-0.05, 0) is 18.2 Å². The Bertz CT molecular complexity index is 557. The molecule has 0 fully saturated rings. The third-order valence-corrected chi connectivity index (χ3v) is 1.79. The van der Waals surface area contributed by atoms with Crippen LogP contribution in [0.2, 0.25) is 0 Å². The van der Waals surface area contributed by atoms with Crippen LogP contribution in [0, 0.1) is 22.7 Å². The van der Waals surface area contributed by atoms with E-state index in [9.17, 15) is 0 Å². The van der Waals surface area contributed by atoms with Crippen LogP contribution in [0.1, 0.15) is 11.5 Å². The summed E-state index contributed by atoms with van der Waals surface area (Å²) in [7, 11) is 0. The van der Waals surface area contributed by atoms with Crippen LogP contribution < -0.4 is 0 Å². The number of fused-ring (bicyclic) bond motifs is 1. The molecule has 0 radical (unpaired) electrons. The van der Waals surface area contributed by atoms with Crippen molar-refractivity contribution >= 4 is 11.1 Å². The second-order valence-corrected chi connectivity index (χ2v) is 2.74. The summed E-state index contributed by atoms with van der Waals surface area (Å²) in [5.74, 6) is 0.387. The molecule has 0 aliphatic heterocycles. The van der Waals surface area contributed by atoms with Crippen molar-refractivity contribution in [3.8, 4) is 12.1 Å². The highest BCUT2D eigenvalue weighted by atomic mass is 16.3. The number of hydrogen-bond acceptors (Lipinski definition) is 4. The highest BCUT2D eigenvalue weighted by Gasteiger charge is 2.05. The molecule has 0 saturated carbocycles. The summed E-state index contributed by atoms with van der Waals surface area (Å²) >= 11 is 0. The average molecular weight is 183 g/mol. The lowest BCUT2D eigenvalue weighted by Crippen LogP contribution is -1.78. The largest absolute Gasteiger partial charge is 0.440 e. The van der Waals surface area contributed by atoms with Gasteiger partial charge in [0, 0.05) is 0 Å². The highest BCUT2D eigenvalue weighted by Crippen LogP contribution is 2.16. The summed E-state index contributed by atoms with van der Waals surface area (Å²) in [5.41, 5.74) is 1.76. The predicted molar refractivity (Wildman–Crippen MR) is 48.0 cm³/mol. The Labute approximate surface area is 80.0 Å². The Balaban J connectivity index is 2.57. The fourth-order valence-electron chi connectivity index (χ4n) is 1.19. The molecule has 2 aromatic rings. The van der Waals surface area contributed by atoms with Crippen LogP contribution in [0.15, 0.2) is 22.6 Å². The van der Waals surface area contributed by atoms with Gasteiger partial charge >= 0.3 is 0 Å². The van der Waals surface area contributed by atoms with Gasteiger partial charge in [0.25, 0.3) is 0 Å². The predicted octanol–water partition coefficient (Wildman–Crippen LogP) is 1.77. The standard InChI is InChI=1S/C10H5N3O/c11-4-3-10-13-8-5-7(6-12)1-2-9(8)14-10/h1-2,5H,3H2. The number of oxazole rings is 1. The molecule has 0 N–H and O–H groups in total. The number of rotatable bonds is 1. The van der Waals surface area contributed by atoms with Crippen molar-refractivity contribution in [2.45, 2.75) is 6.42 Å². The fraction of sp³-hybridized carbons (Fsp3) is 0.100. The maximum atomic E-state index is 8.65. The molecule has 0 aliphatic rings. The molecule has 0 atom stereocenters. The zero-order valence-electron chi connectivity index (χ0n) is 7.19. The van der Waals surface area contributed by atoms with Gasteiger partial charge in [0.15, 0.2) is 5.58 Å². The molecule has 66 valence electrons. The van der Waals surface area contributed by atoms with Crippen LogP contribution in [0.4, 0.5) is 0 Å². The van der Waals surface area contributed by atoms with Crippen molar-refractivity contribution < 1.29 is 4.42 Å². The summed E-state index contributed by atoms with van der Waals surface area (Å²) in [6, 6.07) is 8.94. The van der Waals surface area contributed by atoms with Gasteiger partial charge in [0.1, 0.15) is 11.9 Å². The van der Waals surface area contributed by atoms with Gasteiger partial charge in [-0.3, -0.25) is 0 Å². The van der Waals surface area contributed by atoms with Crippen LogP contribution in [0.3, 0.4) is 0 Å². The molecule has 1 aromatic heterocycles. The molecule has 0 unspecified atom stereocenters. The summed E-state index contributed by atoms with van der Waals surface area (Å²) in [6.07, 6.45) is 0.149. The van der Waals surface area contributed by atoms with Crippen molar-refractivity contribution in [3.05, 3.63) is 29.7 Å². The van der Waals surface area contributed by atoms with Crippen molar-refractivity contribution in [2.75, 3.05) is 0 Å². The van der Waals surface area contributed by atoms with E-state index in [1.54, 1.807) is 18.2 Å². The van der Waals surface area contributed by atoms with Crippen LogP contribution in [0.25, 0.3) is 11.1 Å². The minimum absolute atomic E-state index is 0.149. The molecule has 4 nitrogen and oxygen atoms in total. The molecule has 0 amide bonds. The van der Waals surface area contributed by atoms with Crippen molar-refractivity contribution in [3.63, 3.8) is 0 Å². The quantitative estimate of drug-likeness (QED) is 0.675. The maximum absolute atomic E-state index is 8.65. The first-order chi connectivity index (χ1) is 6.83. The fourth-order valence-corrected chi connectivity index (χ4v) is 1.19. The molecule has 14 heavy (non-hydrogen) atoms. The van der Waals surface area contributed by atoms with E-state index in [1.165, 1.54) is 0 Å². The van der Waals surface area contributed by atoms with Gasteiger partial charge in [0.2, 0.25) is 5.89 Å². The van der Waals surface area contributed by atoms with E-state index in [-0.39, 0.29) is 6.42 Å². The first kappa shape index (κ1) is 8.28. The lowest BCUT2D eigenvalue weighted by atomic mass is 10.2. The van der Waals surface area contributed by atoms with Crippen molar-refractivity contribution in [2.24, 2.45) is 0 Å². The first-order valence-electron chi connectivity index (χ1n) is 4.00. The Morgan fingerprint density at radius 1 is 1.36 bits per heavy atom. The number of aromatic nitrogens is 1. The molecule has 4 heteroatoms. The van der Waals surface area contributed by atoms with Gasteiger partial charge < -0.3 is 4.42 Å². The molecule has 1 aromatic carbocycles. The average Bonchev–Trinajstić information content (AvgIpc) is 2.59. The number of benzene rings is 1. The summed E-state index contributed by atoms with van der Waals surface area (Å²) in [6.45, 7) is 0. The first-order valence-corrected chi connectivity index (χ1v) is 4.00. The Kier molecular flexibility index (Phi) is 1.89. The normalized spacial score (nSPS) is 9.57. The van der Waals surface area contributed by atoms with Crippen molar-refractivity contribution in [1.29, 1.82) is 10.5 Å². The second kappa shape index (κ2) is 3.20. The summed E-state index contributed by atoms with van der Waals surface area (Å²) in [5, 5.41) is 17.1. The highest BCUT2D eigenvalue weighted by molar-refractivity contribution is 5.74. The lowest BCUT2D eigenvalue weighted by Gasteiger charge is -1.85. The Morgan fingerprint density at radius 3 is 2.93 bits per heavy atom. The van der Waals surface area contributed by atoms with E-state index in [4.69, 9.17) is 14.9 Å². The van der Waals surface area contributed by atoms with Crippen LogP contribution in [-0.4, -0.2) is 4.98 Å². The maximum Gasteiger partial charge on any atom is 0.209 e. The van der Waals surface area contributed by atoms with E-state index in [0.717, 1.165) is 0 Å². The molecule has 0 aliphatic carbocycles. The van der Waals surface area contributed by atoms with Gasteiger partial charge in [0.05, 0.1) is 17.7 Å². The topological polar surface area (TPSA) is 73.6 Å². The van der Waals surface area contributed by atoms with E-state index in [1.807, 2.05) is 12.1 Å². The van der Waals surface area contributed by atoms with E-state index in [2.05, 4.69) is 4.98 Å². The monoisotopic (exact) mass is 183 g/mol. The zero-order chi connectivity index (χ0) is 9.97. The third-order valence-electron chi connectivity index (χ3n) is 1.79. The van der Waals surface area contributed by atoms with E-state index in [0.29, 0.717) is 22.6 Å². The number of nitrogens with zero attached hydrogens (tertiary/aromatic N) is 3. The number of nitriles is 2. The minimum Gasteiger partial charge on any atom is -0.440 e. The third kappa shape index (κ3) is 1.30. The van der Waals surface area contributed by atoms with Crippen LogP contribution in [0.5, 0.6) is 0 Å². The summed E-state index contributed by atoms with van der Waals surface area (Å²) < 4.78 is 5.26. The molecule has 0 spiro atoms. The van der Waals surface area contributed by atoms with Crippen molar-refractivity contribution in [1.82, 2.24) is 4.98 Å². The Hall–Kier alpha value is -2.33. The Morgan fingerprint density at radius 2 is 2.21 bits per heavy atom. The molecule has 2 rings (SSSR count). The smallest absolute Gasteiger partial charge is 0.209 e. The van der Waals surface area contributed by atoms with Crippen LogP contribution in [-0.2, 0) is 6.42 Å². The zero-order valence-corrected chi connectivity index (χ0v) is 7.19. The van der Waals surface area contributed by atoms with Gasteiger partial charge in [-0.15, -0.1) is 0 Å².